The summed E-state index contributed by atoms with van der Waals surface area (Å²) in [7, 11) is 0. The Morgan fingerprint density at radius 1 is 0.434 bits per heavy atom. The molecule has 5 fully saturated rings. The molecule has 3 aliphatic carbocycles. The first-order valence-electron chi connectivity index (χ1n) is 30.0. The van der Waals surface area contributed by atoms with E-state index in [-0.39, 0.29) is 104 Å². The van der Waals surface area contributed by atoms with E-state index in [0.717, 1.165) is 100 Å². The molecule has 4 aromatic carbocycles. The number of amides is 8. The first-order valence-corrected chi connectivity index (χ1v) is 30.0. The first-order chi connectivity index (χ1) is 40.1. The molecule has 10 atom stereocenters. The summed E-state index contributed by atoms with van der Waals surface area (Å²) in [6, 6.07) is 36.3. The number of hydrogen-bond donors (Lipinski definition) is 6. The minimum atomic E-state index is -0.764. The van der Waals surface area contributed by atoms with Crippen LogP contribution in [-0.4, -0.2) is 120 Å². The maximum absolute atomic E-state index is 14.3. The largest absolute Gasteiger partial charge is 0.448 e. The van der Waals surface area contributed by atoms with Gasteiger partial charge >= 0.3 is 12.2 Å². The zero-order valence-corrected chi connectivity index (χ0v) is 48.2. The molecule has 18 heteroatoms. The van der Waals surface area contributed by atoms with Gasteiger partial charge in [0.1, 0.15) is 5.60 Å². The van der Waals surface area contributed by atoms with Gasteiger partial charge in [-0.1, -0.05) is 142 Å². The van der Waals surface area contributed by atoms with Gasteiger partial charge in [-0.2, -0.15) is 0 Å². The summed E-state index contributed by atoms with van der Waals surface area (Å²) in [6.45, 7) is 6.15. The van der Waals surface area contributed by atoms with Gasteiger partial charge in [-0.05, 0) is 93.8 Å². The van der Waals surface area contributed by atoms with E-state index in [1.165, 1.54) is 0 Å². The predicted molar refractivity (Wildman–Crippen MR) is 312 cm³/mol. The number of carbonyl (C=O) groups excluding carboxylic acids is 8. The second-order valence-electron chi connectivity index (χ2n) is 24.2. The number of nitrogens with zero attached hydrogens (tertiary/aromatic N) is 2. The summed E-state index contributed by atoms with van der Waals surface area (Å²) in [5.41, 5.74) is 7.71. The maximum Gasteiger partial charge on any atom is 0.426 e. The summed E-state index contributed by atoms with van der Waals surface area (Å²) in [5.74, 6) is -4.11. The van der Waals surface area contributed by atoms with E-state index in [1.54, 1.807) is 54.8 Å². The Morgan fingerprint density at radius 3 is 1.14 bits per heavy atom. The summed E-state index contributed by atoms with van der Waals surface area (Å²) in [6.07, 6.45) is 10.7. The number of nitrogens with one attached hydrogen (secondary N) is 6. The third-order valence-corrected chi connectivity index (χ3v) is 16.7. The van der Waals surface area contributed by atoms with Gasteiger partial charge in [0, 0.05) is 79.7 Å². The molecule has 6 N–H and O–H groups in total. The minimum Gasteiger partial charge on any atom is -0.448 e. The van der Waals surface area contributed by atoms with E-state index < -0.39 is 41.5 Å². The lowest BCUT2D eigenvalue weighted by atomic mass is 9.94. The van der Waals surface area contributed by atoms with Gasteiger partial charge in [0.2, 0.25) is 23.6 Å². The van der Waals surface area contributed by atoms with Crippen LogP contribution >= 0.6 is 0 Å². The van der Waals surface area contributed by atoms with Crippen molar-refractivity contribution in [3.63, 3.8) is 0 Å². The molecule has 4 aromatic rings. The summed E-state index contributed by atoms with van der Waals surface area (Å²) in [4.78, 5) is 111. The molecule has 0 radical (unpaired) electrons. The molecule has 0 aromatic heterocycles. The van der Waals surface area contributed by atoms with Crippen LogP contribution in [0.3, 0.4) is 0 Å². The molecule has 9 rings (SSSR count). The molecule has 0 bridgehead atoms. The number of carbonyl (C=O) groups is 8. The highest BCUT2D eigenvalue weighted by molar-refractivity contribution is 6.00. The van der Waals surface area contributed by atoms with Crippen LogP contribution in [0.15, 0.2) is 115 Å². The third-order valence-electron chi connectivity index (χ3n) is 16.7. The number of likely N-dealkylation sites (tertiary alicyclic amines) is 2. The van der Waals surface area contributed by atoms with Crippen molar-refractivity contribution in [3.05, 3.63) is 143 Å². The zero-order valence-electron chi connectivity index (χ0n) is 48.2. The highest BCUT2D eigenvalue weighted by atomic mass is 16.6. The number of hydrazine groups is 1. The SMILES string of the molecule is CC(C)(C)OC(=O)NNC(=O)OCCCCCCCCCCCCNC(=O)[C@@H]1CN(C(=O)c2ccc(C(=O)N3C[C@@H](C(=O)N[C@H]4C[C@@H]4c4ccccc4)[C@H](C(=O)N[C@H]4C[C@@H]4c4ccccc4)C3)cc2)C[C@H]1C(=O)N[C@H]1C[C@@H]1c1ccccc1. The minimum absolute atomic E-state index is 0.0468. The van der Waals surface area contributed by atoms with Crippen molar-refractivity contribution in [2.45, 2.75) is 146 Å². The van der Waals surface area contributed by atoms with E-state index in [9.17, 15) is 38.4 Å². The number of unbranched alkanes of at least 4 members (excludes halogenated alkanes) is 9. The van der Waals surface area contributed by atoms with Crippen molar-refractivity contribution in [3.8, 4) is 0 Å². The monoisotopic (exact) mass is 1130 g/mol. The fraction of sp³-hybridized carbons (Fsp3) is 0.508. The van der Waals surface area contributed by atoms with Crippen molar-refractivity contribution in [1.82, 2.24) is 41.9 Å². The van der Waals surface area contributed by atoms with Gasteiger partial charge in [-0.15, -0.1) is 0 Å². The van der Waals surface area contributed by atoms with Crippen LogP contribution < -0.4 is 32.1 Å². The Kier molecular flexibility index (Phi) is 20.2. The molecule has 2 heterocycles. The average molecular weight is 1140 g/mol. The standard InChI is InChI=1S/C65H82N8O10/c1-65(2,3)83-64(81)71-70-63(80)82-34-22-11-9-7-5-4-6-8-10-21-33-66-57(74)50-38-72(39-51(50)58(75)67-54-35-47(54)42-23-15-12-16-24-42)61(78)45-29-31-46(32-30-45)62(79)73-40-52(59(76)68-55-36-48(55)43-25-17-13-18-26-43)53(41-73)60(77)69-56-37-49(56)44-27-19-14-20-28-44/h12-20,23-32,47-56H,4-11,21-22,33-41H2,1-3H3,(H,66,74)(H,67,75)(H,68,76)(H,69,77)(H,70,80)(H,71,81)/t47-,48-,49-,50-,51-,52-,53-,54+,55+,56+/m1/s1. The van der Waals surface area contributed by atoms with E-state index in [1.807, 2.05) is 54.6 Å². The van der Waals surface area contributed by atoms with Gasteiger partial charge < -0.3 is 40.5 Å². The Bertz CT molecular complexity index is 2810. The van der Waals surface area contributed by atoms with Crippen molar-refractivity contribution in [2.75, 3.05) is 39.3 Å². The fourth-order valence-corrected chi connectivity index (χ4v) is 11.9. The van der Waals surface area contributed by atoms with Gasteiger partial charge in [0.05, 0.1) is 30.3 Å². The lowest BCUT2D eigenvalue weighted by molar-refractivity contribution is -0.133. The fourth-order valence-electron chi connectivity index (χ4n) is 11.9. The number of benzene rings is 4. The molecule has 2 saturated heterocycles. The van der Waals surface area contributed by atoms with Crippen LogP contribution in [0, 0.1) is 23.7 Å². The Labute approximate surface area is 487 Å². The van der Waals surface area contributed by atoms with Gasteiger partial charge in [0.15, 0.2) is 0 Å². The van der Waals surface area contributed by atoms with Crippen molar-refractivity contribution in [1.29, 1.82) is 0 Å². The quantitative estimate of drug-likeness (QED) is 0.0275. The number of hydrogen-bond acceptors (Lipinski definition) is 10. The average Bonchev–Trinajstić information content (AvgIpc) is 4.33. The van der Waals surface area contributed by atoms with E-state index >= 15 is 0 Å². The summed E-state index contributed by atoms with van der Waals surface area (Å²) >= 11 is 0. The number of rotatable bonds is 25. The van der Waals surface area contributed by atoms with Crippen LogP contribution in [-0.2, 0) is 28.7 Å². The Balaban J connectivity index is 0.736. The first kappa shape index (κ1) is 59.8. The summed E-state index contributed by atoms with van der Waals surface area (Å²) in [5, 5.41) is 12.6. The van der Waals surface area contributed by atoms with Gasteiger partial charge in [0.25, 0.3) is 11.8 Å². The second kappa shape index (κ2) is 28.0. The van der Waals surface area contributed by atoms with Crippen molar-refractivity contribution in [2.24, 2.45) is 23.7 Å². The number of ether oxygens (including phenoxy) is 2. The van der Waals surface area contributed by atoms with E-state index in [4.69, 9.17) is 9.47 Å². The second-order valence-corrected chi connectivity index (χ2v) is 24.2. The molecule has 18 nitrogen and oxygen atoms in total. The van der Waals surface area contributed by atoms with Crippen molar-refractivity contribution < 1.29 is 47.8 Å². The Hall–Kier alpha value is -7.76. The maximum atomic E-state index is 14.3. The van der Waals surface area contributed by atoms with Gasteiger partial charge in [-0.25, -0.2) is 20.4 Å². The molecule has 5 aliphatic rings. The molecule has 3 saturated carbocycles. The molecule has 0 unspecified atom stereocenters. The van der Waals surface area contributed by atoms with Crippen molar-refractivity contribution >= 4 is 47.6 Å². The highest BCUT2D eigenvalue weighted by Gasteiger charge is 2.50. The molecule has 2 aliphatic heterocycles. The lowest BCUT2D eigenvalue weighted by Gasteiger charge is -2.19. The molecular formula is C65H82N8O10. The molecular weight excluding hydrogens is 1050 g/mol. The van der Waals surface area contributed by atoms with Crippen LogP contribution in [0.4, 0.5) is 9.59 Å². The van der Waals surface area contributed by atoms with Crippen LogP contribution in [0.25, 0.3) is 0 Å². The molecule has 8 amide bonds. The molecule has 0 spiro atoms. The normalized spacial score (nSPS) is 23.9. The summed E-state index contributed by atoms with van der Waals surface area (Å²) < 4.78 is 10.2. The Morgan fingerprint density at radius 2 is 0.771 bits per heavy atom. The smallest absolute Gasteiger partial charge is 0.426 e. The van der Waals surface area contributed by atoms with Crippen LogP contribution in [0.1, 0.15) is 159 Å². The topological polar surface area (TPSA) is 234 Å². The third kappa shape index (κ3) is 16.9. The highest BCUT2D eigenvalue weighted by Crippen LogP contribution is 2.44. The van der Waals surface area contributed by atoms with Gasteiger partial charge in [-0.3, -0.25) is 28.8 Å². The molecule has 83 heavy (non-hydrogen) atoms. The molecule has 442 valence electrons. The van der Waals surface area contributed by atoms with E-state index in [0.29, 0.717) is 17.7 Å². The van der Waals surface area contributed by atoms with Crippen LogP contribution in [0.5, 0.6) is 0 Å². The van der Waals surface area contributed by atoms with Crippen LogP contribution in [0.2, 0.25) is 0 Å². The van der Waals surface area contributed by atoms with E-state index in [2.05, 4.69) is 68.5 Å². The predicted octanol–water partition coefficient (Wildman–Crippen LogP) is 8.26. The zero-order chi connectivity index (χ0) is 58.5. The lowest BCUT2D eigenvalue weighted by Crippen LogP contribution is -2.44.